The fraction of sp³-hybridized carbons (Fsp3) is 0.304. The molecule has 0 aromatic heterocycles. The summed E-state index contributed by atoms with van der Waals surface area (Å²) in [4.78, 5) is 2.31. The third kappa shape index (κ3) is 4.70. The highest BCUT2D eigenvalue weighted by atomic mass is 32.2. The van der Waals surface area contributed by atoms with E-state index in [1.807, 2.05) is 42.5 Å². The van der Waals surface area contributed by atoms with Crippen LogP contribution in [0.2, 0.25) is 0 Å². The van der Waals surface area contributed by atoms with Gasteiger partial charge in [-0.25, -0.2) is 12.8 Å². The van der Waals surface area contributed by atoms with Gasteiger partial charge in [-0.05, 0) is 40.6 Å². The van der Waals surface area contributed by atoms with Gasteiger partial charge in [-0.3, -0.25) is 4.90 Å². The van der Waals surface area contributed by atoms with Gasteiger partial charge in [0, 0.05) is 32.7 Å². The van der Waals surface area contributed by atoms with Crippen LogP contribution in [0.5, 0.6) is 0 Å². The zero-order chi connectivity index (χ0) is 21.0. The quantitative estimate of drug-likeness (QED) is 0.578. The predicted molar refractivity (Wildman–Crippen MR) is 115 cm³/mol. The summed E-state index contributed by atoms with van der Waals surface area (Å²) in [5.41, 5.74) is 0.945. The zero-order valence-corrected chi connectivity index (χ0v) is 17.5. The van der Waals surface area contributed by atoms with Crippen molar-refractivity contribution in [2.45, 2.75) is 11.4 Å². The summed E-state index contributed by atoms with van der Waals surface area (Å²) in [6, 6.07) is 18.9. The number of hydrogen-bond donors (Lipinski definition) is 0. The van der Waals surface area contributed by atoms with Crippen molar-refractivity contribution in [2.24, 2.45) is 0 Å². The Morgan fingerprint density at radius 3 is 2.40 bits per heavy atom. The molecule has 1 aliphatic rings. The fourth-order valence-corrected chi connectivity index (χ4v) is 5.15. The topological polar surface area (TPSA) is 49.9 Å². The maximum absolute atomic E-state index is 13.4. The summed E-state index contributed by atoms with van der Waals surface area (Å²) in [6.07, 6.45) is 0. The minimum Gasteiger partial charge on any atom is -0.379 e. The number of hydrogen-bond acceptors (Lipinski definition) is 4. The van der Waals surface area contributed by atoms with E-state index in [1.54, 1.807) is 0 Å². The van der Waals surface area contributed by atoms with Crippen molar-refractivity contribution in [1.29, 1.82) is 0 Å². The maximum Gasteiger partial charge on any atom is 0.243 e. The molecule has 4 rings (SSSR count). The monoisotopic (exact) mass is 428 g/mol. The lowest BCUT2D eigenvalue weighted by Gasteiger charge is -2.30. The van der Waals surface area contributed by atoms with Crippen LogP contribution < -0.4 is 0 Å². The van der Waals surface area contributed by atoms with Crippen molar-refractivity contribution in [1.82, 2.24) is 9.21 Å². The number of sulfonamides is 1. The molecule has 30 heavy (non-hydrogen) atoms. The first-order valence-electron chi connectivity index (χ1n) is 10.1. The van der Waals surface area contributed by atoms with Crippen molar-refractivity contribution in [3.8, 4) is 0 Å². The van der Waals surface area contributed by atoms with Gasteiger partial charge in [-0.15, -0.1) is 0 Å². The molecule has 7 heteroatoms. The van der Waals surface area contributed by atoms with Crippen molar-refractivity contribution >= 4 is 20.8 Å². The molecule has 1 heterocycles. The van der Waals surface area contributed by atoms with Crippen LogP contribution in [-0.2, 0) is 21.3 Å². The average Bonchev–Trinajstić information content (AvgIpc) is 2.77. The lowest BCUT2D eigenvalue weighted by molar-refractivity contribution is 0.0361. The van der Waals surface area contributed by atoms with Crippen molar-refractivity contribution < 1.29 is 17.5 Å². The summed E-state index contributed by atoms with van der Waals surface area (Å²) in [5.74, 6) is -0.456. The molecule has 3 aromatic carbocycles. The fourth-order valence-electron chi connectivity index (χ4n) is 3.74. The molecule has 1 fully saturated rings. The minimum absolute atomic E-state index is 0.103. The van der Waals surface area contributed by atoms with Crippen LogP contribution >= 0.6 is 0 Å². The SMILES string of the molecule is O=S(=O)(c1ccc(F)cc1)N(CCN1CCOCC1)Cc1cccc2ccccc12. The Balaban J connectivity index is 1.64. The highest BCUT2D eigenvalue weighted by Gasteiger charge is 2.26. The largest absolute Gasteiger partial charge is 0.379 e. The zero-order valence-electron chi connectivity index (χ0n) is 16.7. The molecule has 0 radical (unpaired) electrons. The number of halogens is 1. The molecule has 0 N–H and O–H groups in total. The van der Waals surface area contributed by atoms with Crippen LogP contribution in [-0.4, -0.2) is 57.0 Å². The second kappa shape index (κ2) is 9.22. The molecular weight excluding hydrogens is 403 g/mol. The van der Waals surface area contributed by atoms with E-state index in [9.17, 15) is 12.8 Å². The van der Waals surface area contributed by atoms with Crippen LogP contribution in [0.1, 0.15) is 5.56 Å². The van der Waals surface area contributed by atoms with Crippen molar-refractivity contribution in [3.05, 3.63) is 78.1 Å². The predicted octanol–water partition coefficient (Wildman–Crippen LogP) is 3.50. The normalized spacial score (nSPS) is 15.7. The summed E-state index contributed by atoms with van der Waals surface area (Å²) in [5, 5.41) is 2.10. The first kappa shape index (κ1) is 20.9. The summed E-state index contributed by atoms with van der Waals surface area (Å²) in [7, 11) is -3.78. The molecule has 5 nitrogen and oxygen atoms in total. The van der Waals surface area contributed by atoms with E-state index in [-0.39, 0.29) is 11.4 Å². The molecule has 0 spiro atoms. The second-order valence-corrected chi connectivity index (χ2v) is 9.32. The van der Waals surface area contributed by atoms with Gasteiger partial charge in [0.25, 0.3) is 0 Å². The van der Waals surface area contributed by atoms with Gasteiger partial charge in [0.1, 0.15) is 5.82 Å². The van der Waals surface area contributed by atoms with Gasteiger partial charge < -0.3 is 4.74 Å². The second-order valence-electron chi connectivity index (χ2n) is 7.38. The van der Waals surface area contributed by atoms with E-state index in [2.05, 4.69) is 4.90 Å². The number of ether oxygens (including phenoxy) is 1. The van der Waals surface area contributed by atoms with E-state index >= 15 is 0 Å². The first-order chi connectivity index (χ1) is 14.5. The highest BCUT2D eigenvalue weighted by molar-refractivity contribution is 7.89. The Labute approximate surface area is 176 Å². The van der Waals surface area contributed by atoms with Crippen LogP contribution in [0.4, 0.5) is 4.39 Å². The standard InChI is InChI=1S/C23H25FN2O3S/c24-21-8-10-22(11-9-21)30(27,28)26(13-12-25-14-16-29-17-15-25)18-20-6-3-5-19-4-1-2-7-23(19)20/h1-11H,12-18H2. The van der Waals surface area contributed by atoms with Gasteiger partial charge in [-0.2, -0.15) is 4.31 Å². The van der Waals surface area contributed by atoms with Crippen LogP contribution in [0.25, 0.3) is 10.8 Å². The van der Waals surface area contributed by atoms with E-state index < -0.39 is 15.8 Å². The van der Waals surface area contributed by atoms with E-state index in [1.165, 1.54) is 28.6 Å². The van der Waals surface area contributed by atoms with Crippen LogP contribution in [0.3, 0.4) is 0 Å². The minimum atomic E-state index is -3.78. The molecule has 0 saturated carbocycles. The lowest BCUT2D eigenvalue weighted by Crippen LogP contribution is -2.42. The molecular formula is C23H25FN2O3S. The highest BCUT2D eigenvalue weighted by Crippen LogP contribution is 2.24. The number of benzene rings is 3. The van der Waals surface area contributed by atoms with E-state index in [4.69, 9.17) is 4.74 Å². The Hall–Kier alpha value is -2.32. The smallest absolute Gasteiger partial charge is 0.243 e. The third-order valence-electron chi connectivity index (χ3n) is 5.45. The lowest BCUT2D eigenvalue weighted by atomic mass is 10.0. The van der Waals surface area contributed by atoms with Gasteiger partial charge in [-0.1, -0.05) is 42.5 Å². The molecule has 1 aliphatic heterocycles. The van der Waals surface area contributed by atoms with Crippen LogP contribution in [0, 0.1) is 5.82 Å². The first-order valence-corrected chi connectivity index (χ1v) is 11.5. The van der Waals surface area contributed by atoms with E-state index in [0.717, 1.165) is 29.4 Å². The molecule has 158 valence electrons. The van der Waals surface area contributed by atoms with Gasteiger partial charge in [0.05, 0.1) is 18.1 Å². The van der Waals surface area contributed by atoms with Crippen molar-refractivity contribution in [3.63, 3.8) is 0 Å². The molecule has 3 aromatic rings. The Morgan fingerprint density at radius 1 is 0.933 bits per heavy atom. The molecule has 0 atom stereocenters. The maximum atomic E-state index is 13.4. The van der Waals surface area contributed by atoms with Gasteiger partial charge in [0.15, 0.2) is 0 Å². The number of fused-ring (bicyclic) bond motifs is 1. The van der Waals surface area contributed by atoms with Gasteiger partial charge >= 0.3 is 0 Å². The summed E-state index contributed by atoms with van der Waals surface area (Å²) < 4.78 is 47.1. The summed E-state index contributed by atoms with van der Waals surface area (Å²) >= 11 is 0. The Kier molecular flexibility index (Phi) is 6.43. The summed E-state index contributed by atoms with van der Waals surface area (Å²) in [6.45, 7) is 4.13. The number of rotatable bonds is 7. The molecule has 1 saturated heterocycles. The molecule has 0 unspecified atom stereocenters. The number of nitrogens with zero attached hydrogens (tertiary/aromatic N) is 2. The third-order valence-corrected chi connectivity index (χ3v) is 7.31. The Bertz CT molecular complexity index is 1090. The Morgan fingerprint density at radius 2 is 1.63 bits per heavy atom. The number of morpholine rings is 1. The molecule has 0 amide bonds. The van der Waals surface area contributed by atoms with Gasteiger partial charge in [0.2, 0.25) is 10.0 Å². The molecule has 0 bridgehead atoms. The van der Waals surface area contributed by atoms with Crippen LogP contribution in [0.15, 0.2) is 71.6 Å². The molecule has 0 aliphatic carbocycles. The van der Waals surface area contributed by atoms with Crippen molar-refractivity contribution in [2.75, 3.05) is 39.4 Å². The van der Waals surface area contributed by atoms with E-state index in [0.29, 0.717) is 26.3 Å². The average molecular weight is 429 g/mol.